The van der Waals surface area contributed by atoms with Crippen LogP contribution in [0.2, 0.25) is 0 Å². The zero-order valence-electron chi connectivity index (χ0n) is 16.0. The van der Waals surface area contributed by atoms with Gasteiger partial charge in [0.25, 0.3) is 5.56 Å². The fraction of sp³-hybridized carbons (Fsp3) is 0.600. The summed E-state index contributed by atoms with van der Waals surface area (Å²) in [7, 11) is 0. The van der Waals surface area contributed by atoms with Crippen LogP contribution in [0.15, 0.2) is 11.1 Å². The molecule has 1 aliphatic heterocycles. The van der Waals surface area contributed by atoms with Crippen molar-refractivity contribution in [1.82, 2.24) is 19.8 Å². The zero-order valence-corrected chi connectivity index (χ0v) is 16.9. The van der Waals surface area contributed by atoms with Crippen LogP contribution in [-0.2, 0) is 29.0 Å². The second kappa shape index (κ2) is 8.43. The summed E-state index contributed by atoms with van der Waals surface area (Å²) < 4.78 is 1.40. The van der Waals surface area contributed by atoms with Gasteiger partial charge in [-0.2, -0.15) is 0 Å². The summed E-state index contributed by atoms with van der Waals surface area (Å²) in [4.78, 5) is 45.5. The van der Waals surface area contributed by atoms with E-state index in [4.69, 9.17) is 0 Å². The van der Waals surface area contributed by atoms with Crippen molar-refractivity contribution in [1.29, 1.82) is 0 Å². The molecule has 1 saturated heterocycles. The van der Waals surface area contributed by atoms with Crippen LogP contribution in [-0.4, -0.2) is 45.9 Å². The van der Waals surface area contributed by atoms with Gasteiger partial charge in [-0.05, 0) is 50.5 Å². The number of aromatic nitrogens is 2. The monoisotopic (exact) mass is 402 g/mol. The van der Waals surface area contributed by atoms with Crippen molar-refractivity contribution in [3.8, 4) is 0 Å². The summed E-state index contributed by atoms with van der Waals surface area (Å²) >= 11 is 1.61. The van der Waals surface area contributed by atoms with E-state index in [1.807, 2.05) is 4.90 Å². The molecule has 1 fully saturated rings. The van der Waals surface area contributed by atoms with E-state index < -0.39 is 0 Å². The third kappa shape index (κ3) is 3.97. The highest BCUT2D eigenvalue weighted by Crippen LogP contribution is 2.33. The zero-order chi connectivity index (χ0) is 19.5. The first kappa shape index (κ1) is 19.1. The van der Waals surface area contributed by atoms with Crippen LogP contribution in [0, 0.1) is 0 Å². The van der Waals surface area contributed by atoms with Crippen molar-refractivity contribution in [3.05, 3.63) is 27.1 Å². The summed E-state index contributed by atoms with van der Waals surface area (Å²) in [5.74, 6) is -0.0548. The lowest BCUT2D eigenvalue weighted by Crippen LogP contribution is -2.34. The molecule has 3 heterocycles. The fourth-order valence-electron chi connectivity index (χ4n) is 4.10. The molecule has 7 nitrogen and oxygen atoms in total. The number of aryl methyl sites for hydroxylation is 2. The molecule has 4 rings (SSSR count). The Bertz CT molecular complexity index is 943. The highest BCUT2D eigenvalue weighted by Gasteiger charge is 2.20. The van der Waals surface area contributed by atoms with Gasteiger partial charge in [-0.1, -0.05) is 0 Å². The van der Waals surface area contributed by atoms with Gasteiger partial charge in [0.2, 0.25) is 11.8 Å². The lowest BCUT2D eigenvalue weighted by atomic mass is 9.97. The third-order valence-corrected chi connectivity index (χ3v) is 6.80. The maximum Gasteiger partial charge on any atom is 0.262 e. The Kier molecular flexibility index (Phi) is 5.75. The summed E-state index contributed by atoms with van der Waals surface area (Å²) in [6.07, 6.45) is 8.93. The molecule has 0 aromatic carbocycles. The quantitative estimate of drug-likeness (QED) is 0.748. The second-order valence-corrected chi connectivity index (χ2v) is 8.69. The van der Waals surface area contributed by atoms with E-state index in [1.54, 1.807) is 11.3 Å². The molecule has 0 unspecified atom stereocenters. The van der Waals surface area contributed by atoms with E-state index in [1.165, 1.54) is 15.8 Å². The number of hydrogen-bond acceptors (Lipinski definition) is 5. The topological polar surface area (TPSA) is 84.3 Å². The number of likely N-dealkylation sites (tertiary alicyclic amines) is 1. The number of nitrogens with zero attached hydrogens (tertiary/aromatic N) is 3. The van der Waals surface area contributed by atoms with E-state index in [0.717, 1.165) is 62.0 Å². The van der Waals surface area contributed by atoms with E-state index >= 15 is 0 Å². The van der Waals surface area contributed by atoms with Crippen molar-refractivity contribution >= 4 is 33.4 Å². The van der Waals surface area contributed by atoms with Gasteiger partial charge in [0.1, 0.15) is 11.4 Å². The molecule has 1 aliphatic carbocycles. The molecule has 28 heavy (non-hydrogen) atoms. The van der Waals surface area contributed by atoms with Gasteiger partial charge in [0.15, 0.2) is 0 Å². The van der Waals surface area contributed by atoms with Gasteiger partial charge in [-0.25, -0.2) is 4.98 Å². The lowest BCUT2D eigenvalue weighted by Gasteiger charge is -2.15. The number of carbonyl (C=O) groups is 2. The predicted molar refractivity (Wildman–Crippen MR) is 109 cm³/mol. The molecule has 2 aliphatic rings. The van der Waals surface area contributed by atoms with Crippen LogP contribution in [0.1, 0.15) is 49.0 Å². The highest BCUT2D eigenvalue weighted by molar-refractivity contribution is 7.18. The number of rotatable bonds is 6. The second-order valence-electron chi connectivity index (χ2n) is 7.61. The summed E-state index contributed by atoms with van der Waals surface area (Å²) in [5, 5.41) is 3.51. The molecule has 0 saturated carbocycles. The van der Waals surface area contributed by atoms with Crippen LogP contribution in [0.4, 0.5) is 0 Å². The van der Waals surface area contributed by atoms with Crippen LogP contribution >= 0.6 is 11.3 Å². The van der Waals surface area contributed by atoms with Gasteiger partial charge >= 0.3 is 0 Å². The molecule has 2 aromatic heterocycles. The largest absolute Gasteiger partial charge is 0.355 e. The molecule has 2 aromatic rings. The fourth-order valence-corrected chi connectivity index (χ4v) is 5.32. The van der Waals surface area contributed by atoms with E-state index in [0.29, 0.717) is 24.8 Å². The Morgan fingerprint density at radius 2 is 1.93 bits per heavy atom. The molecular formula is C20H26N4O3S. The minimum absolute atomic E-state index is 0.0353. The van der Waals surface area contributed by atoms with E-state index in [2.05, 4.69) is 10.3 Å². The van der Waals surface area contributed by atoms with Gasteiger partial charge < -0.3 is 10.2 Å². The number of nitrogens with one attached hydrogen (secondary N) is 1. The molecule has 8 heteroatoms. The average molecular weight is 403 g/mol. The normalized spacial score (nSPS) is 16.4. The number of amides is 2. The van der Waals surface area contributed by atoms with Crippen LogP contribution in [0.3, 0.4) is 0 Å². The Morgan fingerprint density at radius 1 is 1.14 bits per heavy atom. The lowest BCUT2D eigenvalue weighted by molar-refractivity contribution is -0.130. The minimum atomic E-state index is -0.221. The number of thiophene rings is 1. The first-order valence-corrected chi connectivity index (χ1v) is 11.0. The molecular weight excluding hydrogens is 376 g/mol. The van der Waals surface area contributed by atoms with Crippen molar-refractivity contribution in [3.63, 3.8) is 0 Å². The molecule has 150 valence electrons. The Morgan fingerprint density at radius 3 is 2.75 bits per heavy atom. The minimum Gasteiger partial charge on any atom is -0.355 e. The Balaban J connectivity index is 1.33. The van der Waals surface area contributed by atoms with Gasteiger partial charge in [0.05, 0.1) is 11.7 Å². The molecule has 1 N–H and O–H groups in total. The maximum atomic E-state index is 12.9. The highest BCUT2D eigenvalue weighted by atomic mass is 32.1. The van der Waals surface area contributed by atoms with Crippen LogP contribution in [0.25, 0.3) is 10.2 Å². The molecule has 2 amide bonds. The molecule has 0 radical (unpaired) electrons. The van der Waals surface area contributed by atoms with E-state index in [-0.39, 0.29) is 23.9 Å². The molecule has 0 atom stereocenters. The van der Waals surface area contributed by atoms with Crippen molar-refractivity contribution in [2.45, 2.75) is 57.9 Å². The SMILES string of the molecule is O=C(Cn1cnc2sc3c(c2c1=O)CCCC3)NCCCC(=O)N1CCCC1. The Hall–Kier alpha value is -2.22. The molecule has 0 spiro atoms. The van der Waals surface area contributed by atoms with Crippen LogP contribution in [0.5, 0.6) is 0 Å². The van der Waals surface area contributed by atoms with Crippen LogP contribution < -0.4 is 10.9 Å². The predicted octanol–water partition coefficient (Wildman–Crippen LogP) is 1.86. The van der Waals surface area contributed by atoms with Crippen molar-refractivity contribution in [2.24, 2.45) is 0 Å². The first-order valence-electron chi connectivity index (χ1n) is 10.2. The number of fused-ring (bicyclic) bond motifs is 3. The Labute approximate surface area is 167 Å². The molecule has 0 bridgehead atoms. The maximum absolute atomic E-state index is 12.9. The smallest absolute Gasteiger partial charge is 0.262 e. The third-order valence-electron chi connectivity index (χ3n) is 5.60. The number of hydrogen-bond donors (Lipinski definition) is 1. The standard InChI is InChI=1S/C20H26N4O3S/c25-16(21-9-5-8-17(26)23-10-3-4-11-23)12-24-13-22-19-18(20(24)27)14-6-1-2-7-15(14)28-19/h13H,1-12H2,(H,21,25). The van der Waals surface area contributed by atoms with Crippen molar-refractivity contribution < 1.29 is 9.59 Å². The summed E-state index contributed by atoms with van der Waals surface area (Å²) in [6, 6.07) is 0. The average Bonchev–Trinajstić information content (AvgIpc) is 3.35. The first-order chi connectivity index (χ1) is 13.6. The summed E-state index contributed by atoms with van der Waals surface area (Å²) in [6.45, 7) is 2.12. The number of carbonyl (C=O) groups excluding carboxylic acids is 2. The summed E-state index contributed by atoms with van der Waals surface area (Å²) in [5.41, 5.74) is 1.02. The van der Waals surface area contributed by atoms with Gasteiger partial charge in [0, 0.05) is 30.9 Å². The van der Waals surface area contributed by atoms with E-state index in [9.17, 15) is 14.4 Å². The van der Waals surface area contributed by atoms with Crippen molar-refractivity contribution in [2.75, 3.05) is 19.6 Å². The van der Waals surface area contributed by atoms with Gasteiger partial charge in [-0.3, -0.25) is 19.0 Å². The van der Waals surface area contributed by atoms with Gasteiger partial charge in [-0.15, -0.1) is 11.3 Å².